The molecule has 0 saturated carbocycles. The van der Waals surface area contributed by atoms with Gasteiger partial charge in [0.05, 0.1) is 5.02 Å². The van der Waals surface area contributed by atoms with E-state index in [1.807, 2.05) is 12.1 Å². The van der Waals surface area contributed by atoms with E-state index in [0.29, 0.717) is 29.9 Å². The highest BCUT2D eigenvalue weighted by molar-refractivity contribution is 9.10. The van der Waals surface area contributed by atoms with Crippen LogP contribution in [-0.2, 0) is 6.42 Å². The molecule has 1 heterocycles. The number of hydrogen-bond acceptors (Lipinski definition) is 5. The largest absolute Gasteiger partial charge is 0.408 e. The van der Waals surface area contributed by atoms with Gasteiger partial charge in [0, 0.05) is 23.1 Å². The van der Waals surface area contributed by atoms with E-state index in [1.165, 1.54) is 0 Å². The smallest absolute Gasteiger partial charge is 0.320 e. The first-order valence-electron chi connectivity index (χ1n) is 4.93. The Labute approximate surface area is 111 Å². The molecule has 0 amide bonds. The number of rotatable bonds is 4. The molecule has 2 aromatic rings. The molecular formula is C10H10BrClN4O. The van der Waals surface area contributed by atoms with Gasteiger partial charge in [0.1, 0.15) is 0 Å². The zero-order chi connectivity index (χ0) is 12.3. The fourth-order valence-corrected chi connectivity index (χ4v) is 1.65. The first-order chi connectivity index (χ1) is 8.19. The van der Waals surface area contributed by atoms with Gasteiger partial charge in [-0.2, -0.15) is 0 Å². The first kappa shape index (κ1) is 12.3. The van der Waals surface area contributed by atoms with E-state index in [1.54, 1.807) is 6.07 Å². The molecule has 1 aromatic carbocycles. The average molecular weight is 318 g/mol. The Morgan fingerprint density at radius 2 is 2.24 bits per heavy atom. The Balaban J connectivity index is 2.11. The lowest BCUT2D eigenvalue weighted by molar-refractivity contribution is 0.510. The monoisotopic (exact) mass is 316 g/mol. The van der Waals surface area contributed by atoms with Crippen molar-refractivity contribution in [3.05, 3.63) is 33.6 Å². The van der Waals surface area contributed by atoms with Gasteiger partial charge in [0.2, 0.25) is 5.89 Å². The summed E-state index contributed by atoms with van der Waals surface area (Å²) < 4.78 is 6.16. The molecule has 0 radical (unpaired) electrons. The maximum atomic E-state index is 5.96. The number of halogens is 2. The van der Waals surface area contributed by atoms with E-state index in [0.717, 1.165) is 10.2 Å². The molecular weight excluding hydrogens is 307 g/mol. The van der Waals surface area contributed by atoms with E-state index < -0.39 is 0 Å². The number of aromatic nitrogens is 2. The average Bonchev–Trinajstić information content (AvgIpc) is 2.72. The molecule has 1 aromatic heterocycles. The van der Waals surface area contributed by atoms with Gasteiger partial charge in [0.15, 0.2) is 0 Å². The predicted octanol–water partition coefficient (Wildman–Crippen LogP) is 2.73. The lowest BCUT2D eigenvalue weighted by Crippen LogP contribution is -2.02. The van der Waals surface area contributed by atoms with Gasteiger partial charge >= 0.3 is 6.01 Å². The highest BCUT2D eigenvalue weighted by atomic mass is 79.9. The normalized spacial score (nSPS) is 10.5. The second kappa shape index (κ2) is 5.48. The van der Waals surface area contributed by atoms with Crippen LogP contribution < -0.4 is 11.1 Å². The van der Waals surface area contributed by atoms with Crippen molar-refractivity contribution in [2.75, 3.05) is 11.9 Å². The van der Waals surface area contributed by atoms with E-state index in [2.05, 4.69) is 31.4 Å². The molecule has 0 aliphatic carbocycles. The van der Waals surface area contributed by atoms with Crippen LogP contribution in [0.4, 0.5) is 11.7 Å². The van der Waals surface area contributed by atoms with E-state index in [4.69, 9.17) is 21.8 Å². The summed E-state index contributed by atoms with van der Waals surface area (Å²) in [6, 6.07) is 5.77. The van der Waals surface area contributed by atoms with Gasteiger partial charge < -0.3 is 15.5 Å². The van der Waals surface area contributed by atoms with Crippen LogP contribution >= 0.6 is 27.5 Å². The third-order valence-corrected chi connectivity index (χ3v) is 3.23. The molecule has 3 N–H and O–H groups in total. The second-order valence-corrected chi connectivity index (χ2v) is 4.56. The Morgan fingerprint density at radius 1 is 1.41 bits per heavy atom. The van der Waals surface area contributed by atoms with Gasteiger partial charge in [-0.25, -0.2) is 0 Å². The third kappa shape index (κ3) is 3.18. The molecule has 17 heavy (non-hydrogen) atoms. The van der Waals surface area contributed by atoms with Crippen LogP contribution in [-0.4, -0.2) is 16.7 Å². The number of anilines is 2. The molecule has 0 unspecified atom stereocenters. The number of hydrogen-bond donors (Lipinski definition) is 2. The van der Waals surface area contributed by atoms with Gasteiger partial charge in [-0.1, -0.05) is 16.7 Å². The third-order valence-electron chi connectivity index (χ3n) is 2.00. The van der Waals surface area contributed by atoms with Crippen molar-refractivity contribution in [2.24, 2.45) is 5.73 Å². The van der Waals surface area contributed by atoms with Crippen molar-refractivity contribution < 1.29 is 4.42 Å². The zero-order valence-electron chi connectivity index (χ0n) is 8.78. The fraction of sp³-hybridized carbons (Fsp3) is 0.200. The van der Waals surface area contributed by atoms with Gasteiger partial charge in [-0.05, 0) is 34.1 Å². The Morgan fingerprint density at radius 3 is 2.94 bits per heavy atom. The van der Waals surface area contributed by atoms with Crippen molar-refractivity contribution >= 4 is 39.2 Å². The van der Waals surface area contributed by atoms with Crippen LogP contribution in [0.3, 0.4) is 0 Å². The summed E-state index contributed by atoms with van der Waals surface area (Å²) in [5, 5.41) is 11.3. The van der Waals surface area contributed by atoms with Gasteiger partial charge in [-0.3, -0.25) is 0 Å². The first-order valence-corrected chi connectivity index (χ1v) is 6.10. The summed E-state index contributed by atoms with van der Waals surface area (Å²) in [4.78, 5) is 0. The van der Waals surface area contributed by atoms with Crippen LogP contribution in [0.1, 0.15) is 5.89 Å². The maximum absolute atomic E-state index is 5.96. The summed E-state index contributed by atoms with van der Waals surface area (Å²) in [7, 11) is 0. The quantitative estimate of drug-likeness (QED) is 0.906. The minimum Gasteiger partial charge on any atom is -0.408 e. The number of nitrogens with one attached hydrogen (secondary N) is 1. The molecule has 0 saturated heterocycles. The van der Waals surface area contributed by atoms with Crippen LogP contribution in [0.25, 0.3) is 0 Å². The lowest BCUT2D eigenvalue weighted by Gasteiger charge is -2.02. The lowest BCUT2D eigenvalue weighted by atomic mass is 10.3. The summed E-state index contributed by atoms with van der Waals surface area (Å²) in [6.07, 6.45) is 0.565. The van der Waals surface area contributed by atoms with Crippen LogP contribution in [0.5, 0.6) is 0 Å². The topological polar surface area (TPSA) is 77.0 Å². The van der Waals surface area contributed by atoms with Crippen molar-refractivity contribution in [3.8, 4) is 0 Å². The Hall–Kier alpha value is -1.11. The van der Waals surface area contributed by atoms with Crippen molar-refractivity contribution in [1.82, 2.24) is 10.2 Å². The van der Waals surface area contributed by atoms with Crippen molar-refractivity contribution in [1.29, 1.82) is 0 Å². The van der Waals surface area contributed by atoms with Crippen molar-refractivity contribution in [3.63, 3.8) is 0 Å². The summed E-state index contributed by atoms with van der Waals surface area (Å²) in [5.41, 5.74) is 6.17. The highest BCUT2D eigenvalue weighted by Crippen LogP contribution is 2.26. The molecule has 2 rings (SSSR count). The predicted molar refractivity (Wildman–Crippen MR) is 69.5 cm³/mol. The Bertz CT molecular complexity index is 517. The van der Waals surface area contributed by atoms with Gasteiger partial charge in [-0.15, -0.1) is 5.10 Å². The SMILES string of the molecule is NCCc1nnc(Nc2ccc(Br)c(Cl)c2)o1. The number of nitrogens with zero attached hydrogens (tertiary/aromatic N) is 2. The minimum absolute atomic E-state index is 0.326. The summed E-state index contributed by atoms with van der Waals surface area (Å²) in [6.45, 7) is 0.478. The van der Waals surface area contributed by atoms with E-state index in [9.17, 15) is 0 Å². The molecule has 0 spiro atoms. The highest BCUT2D eigenvalue weighted by Gasteiger charge is 2.06. The second-order valence-electron chi connectivity index (χ2n) is 3.29. The molecule has 0 atom stereocenters. The standard InChI is InChI=1S/C10H10BrClN4O/c11-7-2-1-6(5-8(7)12)14-10-16-15-9(17-10)3-4-13/h1-2,5H,3-4,13H2,(H,14,16). The molecule has 7 heteroatoms. The molecule has 0 aliphatic heterocycles. The van der Waals surface area contributed by atoms with Crippen LogP contribution in [0, 0.1) is 0 Å². The summed E-state index contributed by atoms with van der Waals surface area (Å²) >= 11 is 9.28. The van der Waals surface area contributed by atoms with Gasteiger partial charge in [0.25, 0.3) is 0 Å². The molecule has 0 aliphatic rings. The summed E-state index contributed by atoms with van der Waals surface area (Å²) in [5.74, 6) is 0.512. The molecule has 0 fully saturated rings. The van der Waals surface area contributed by atoms with Crippen LogP contribution in [0.15, 0.2) is 27.1 Å². The maximum Gasteiger partial charge on any atom is 0.320 e. The molecule has 90 valence electrons. The molecule has 5 nitrogen and oxygen atoms in total. The van der Waals surface area contributed by atoms with Crippen LogP contribution in [0.2, 0.25) is 5.02 Å². The number of nitrogens with two attached hydrogens (primary N) is 1. The molecule has 0 bridgehead atoms. The van der Waals surface area contributed by atoms with Crippen molar-refractivity contribution in [2.45, 2.75) is 6.42 Å². The Kier molecular flexibility index (Phi) is 3.98. The fourth-order valence-electron chi connectivity index (χ4n) is 1.23. The van der Waals surface area contributed by atoms with E-state index >= 15 is 0 Å². The number of benzene rings is 1. The zero-order valence-corrected chi connectivity index (χ0v) is 11.1. The minimum atomic E-state index is 0.326. The van der Waals surface area contributed by atoms with E-state index in [-0.39, 0.29) is 0 Å².